The zero-order chi connectivity index (χ0) is 8.67. The van der Waals surface area contributed by atoms with E-state index in [0.29, 0.717) is 6.04 Å². The van der Waals surface area contributed by atoms with Crippen LogP contribution in [0.5, 0.6) is 0 Å². The molecule has 0 amide bonds. The molecule has 2 aliphatic heterocycles. The normalized spacial score (nSPS) is 25.5. The molecule has 2 heteroatoms. The highest BCUT2D eigenvalue weighted by atomic mass is 15.2. The standard InChI is InChI=1S/C11H14N2/c1-2-4-11-9(3-1)7-10-8-13(11)6-5-12-10/h1-4,10,12H,5-8H2. The third-order valence-corrected chi connectivity index (χ3v) is 3.05. The molecule has 0 aromatic heterocycles. The van der Waals surface area contributed by atoms with Gasteiger partial charge in [-0.25, -0.2) is 0 Å². The summed E-state index contributed by atoms with van der Waals surface area (Å²) in [4.78, 5) is 2.50. The van der Waals surface area contributed by atoms with Gasteiger partial charge in [-0.05, 0) is 18.1 Å². The Morgan fingerprint density at radius 3 is 3.23 bits per heavy atom. The molecule has 1 saturated heterocycles. The number of nitrogens with zero attached hydrogens (tertiary/aromatic N) is 1. The average Bonchev–Trinajstić information content (AvgIpc) is 2.18. The summed E-state index contributed by atoms with van der Waals surface area (Å²) in [6.45, 7) is 3.49. The second-order valence-electron chi connectivity index (χ2n) is 3.93. The van der Waals surface area contributed by atoms with Crippen molar-refractivity contribution in [3.8, 4) is 0 Å². The average molecular weight is 174 g/mol. The smallest absolute Gasteiger partial charge is 0.0400 e. The summed E-state index contributed by atoms with van der Waals surface area (Å²) < 4.78 is 0. The molecule has 2 bridgehead atoms. The lowest BCUT2D eigenvalue weighted by Crippen LogP contribution is -2.54. The van der Waals surface area contributed by atoms with Crippen LogP contribution in [-0.2, 0) is 6.42 Å². The van der Waals surface area contributed by atoms with Gasteiger partial charge in [-0.15, -0.1) is 0 Å². The van der Waals surface area contributed by atoms with E-state index in [0.717, 1.165) is 13.1 Å². The van der Waals surface area contributed by atoms with Crippen LogP contribution in [0.15, 0.2) is 24.3 Å². The fraction of sp³-hybridized carbons (Fsp3) is 0.455. The maximum atomic E-state index is 3.55. The highest BCUT2D eigenvalue weighted by Crippen LogP contribution is 2.27. The number of hydrogen-bond donors (Lipinski definition) is 1. The summed E-state index contributed by atoms with van der Waals surface area (Å²) in [7, 11) is 0. The van der Waals surface area contributed by atoms with Crippen LogP contribution in [0.2, 0.25) is 0 Å². The van der Waals surface area contributed by atoms with Crippen molar-refractivity contribution in [2.45, 2.75) is 12.5 Å². The van der Waals surface area contributed by atoms with E-state index in [1.165, 1.54) is 24.2 Å². The largest absolute Gasteiger partial charge is 0.368 e. The first-order chi connectivity index (χ1) is 6.43. The van der Waals surface area contributed by atoms with Crippen LogP contribution in [0, 0.1) is 0 Å². The maximum absolute atomic E-state index is 3.55. The molecular formula is C11H14N2. The molecule has 2 nitrogen and oxygen atoms in total. The molecule has 2 heterocycles. The van der Waals surface area contributed by atoms with E-state index >= 15 is 0 Å². The molecule has 0 saturated carbocycles. The Kier molecular flexibility index (Phi) is 1.56. The number of para-hydroxylation sites is 1. The minimum absolute atomic E-state index is 0.684. The summed E-state index contributed by atoms with van der Waals surface area (Å²) in [6, 6.07) is 9.46. The zero-order valence-corrected chi connectivity index (χ0v) is 7.66. The van der Waals surface area contributed by atoms with Crippen molar-refractivity contribution in [3.63, 3.8) is 0 Å². The molecule has 68 valence electrons. The van der Waals surface area contributed by atoms with Gasteiger partial charge >= 0.3 is 0 Å². The molecule has 13 heavy (non-hydrogen) atoms. The lowest BCUT2D eigenvalue weighted by atomic mass is 9.96. The minimum atomic E-state index is 0.684. The Labute approximate surface area is 78.6 Å². The highest BCUT2D eigenvalue weighted by molar-refractivity contribution is 5.56. The molecule has 1 fully saturated rings. The lowest BCUT2D eigenvalue weighted by molar-refractivity contribution is 0.438. The molecule has 1 atom stereocenters. The van der Waals surface area contributed by atoms with Crippen LogP contribution >= 0.6 is 0 Å². The Hall–Kier alpha value is -1.02. The molecule has 0 aliphatic carbocycles. The molecule has 1 aromatic carbocycles. The molecule has 1 N–H and O–H groups in total. The van der Waals surface area contributed by atoms with Crippen molar-refractivity contribution in [2.75, 3.05) is 24.5 Å². The van der Waals surface area contributed by atoms with Crippen molar-refractivity contribution in [1.29, 1.82) is 0 Å². The highest BCUT2D eigenvalue weighted by Gasteiger charge is 2.26. The number of rotatable bonds is 0. The van der Waals surface area contributed by atoms with Crippen LogP contribution in [0.4, 0.5) is 5.69 Å². The Balaban J connectivity index is 2.06. The van der Waals surface area contributed by atoms with Crippen molar-refractivity contribution < 1.29 is 0 Å². The van der Waals surface area contributed by atoms with Crippen molar-refractivity contribution >= 4 is 5.69 Å². The van der Waals surface area contributed by atoms with E-state index in [9.17, 15) is 0 Å². The minimum Gasteiger partial charge on any atom is -0.368 e. The summed E-state index contributed by atoms with van der Waals surface area (Å²) in [5.74, 6) is 0. The number of fused-ring (bicyclic) bond motifs is 4. The monoisotopic (exact) mass is 174 g/mol. The number of nitrogens with one attached hydrogen (secondary N) is 1. The summed E-state index contributed by atoms with van der Waals surface area (Å²) >= 11 is 0. The fourth-order valence-electron chi connectivity index (χ4n) is 2.44. The van der Waals surface area contributed by atoms with Gasteiger partial charge in [0.1, 0.15) is 0 Å². The van der Waals surface area contributed by atoms with Crippen LogP contribution in [0.1, 0.15) is 5.56 Å². The van der Waals surface area contributed by atoms with Crippen LogP contribution in [0.3, 0.4) is 0 Å². The Bertz CT molecular complexity index is 322. The second-order valence-corrected chi connectivity index (χ2v) is 3.93. The van der Waals surface area contributed by atoms with E-state index in [-0.39, 0.29) is 0 Å². The topological polar surface area (TPSA) is 15.3 Å². The van der Waals surface area contributed by atoms with Gasteiger partial charge in [0.05, 0.1) is 0 Å². The first-order valence-electron chi connectivity index (χ1n) is 5.00. The number of piperazine rings is 1. The fourth-order valence-corrected chi connectivity index (χ4v) is 2.44. The van der Waals surface area contributed by atoms with Gasteiger partial charge in [-0.2, -0.15) is 0 Å². The van der Waals surface area contributed by atoms with Crippen LogP contribution < -0.4 is 10.2 Å². The van der Waals surface area contributed by atoms with Crippen LogP contribution in [0.25, 0.3) is 0 Å². The van der Waals surface area contributed by atoms with Gasteiger partial charge in [0.15, 0.2) is 0 Å². The summed E-state index contributed by atoms with van der Waals surface area (Å²) in [6.07, 6.45) is 1.20. The Morgan fingerprint density at radius 1 is 1.31 bits per heavy atom. The SMILES string of the molecule is c1ccc2c(c1)CC1CN2CCN1. The van der Waals surface area contributed by atoms with Gasteiger partial charge < -0.3 is 10.2 Å². The van der Waals surface area contributed by atoms with E-state index in [4.69, 9.17) is 0 Å². The predicted octanol–water partition coefficient (Wildman–Crippen LogP) is 1.02. The second kappa shape index (κ2) is 2.74. The quantitative estimate of drug-likeness (QED) is 0.631. The van der Waals surface area contributed by atoms with Crippen molar-refractivity contribution in [2.24, 2.45) is 0 Å². The number of hydrogen-bond acceptors (Lipinski definition) is 2. The predicted molar refractivity (Wildman–Crippen MR) is 54.1 cm³/mol. The third kappa shape index (κ3) is 1.13. The molecular weight excluding hydrogens is 160 g/mol. The first-order valence-corrected chi connectivity index (χ1v) is 5.00. The van der Waals surface area contributed by atoms with Crippen LogP contribution in [-0.4, -0.2) is 25.7 Å². The zero-order valence-electron chi connectivity index (χ0n) is 7.66. The first kappa shape index (κ1) is 7.39. The number of anilines is 1. The molecule has 0 spiro atoms. The van der Waals surface area contributed by atoms with Gasteiger partial charge in [0.2, 0.25) is 0 Å². The lowest BCUT2D eigenvalue weighted by Gasteiger charge is -2.41. The van der Waals surface area contributed by atoms with E-state index in [1.807, 2.05) is 0 Å². The van der Waals surface area contributed by atoms with Gasteiger partial charge in [0, 0.05) is 31.4 Å². The molecule has 0 radical (unpaired) electrons. The molecule has 1 unspecified atom stereocenters. The van der Waals surface area contributed by atoms with E-state index in [2.05, 4.69) is 34.5 Å². The molecule has 2 aliphatic rings. The summed E-state index contributed by atoms with van der Waals surface area (Å²) in [5, 5.41) is 3.55. The van der Waals surface area contributed by atoms with Gasteiger partial charge in [-0.3, -0.25) is 0 Å². The van der Waals surface area contributed by atoms with Crippen molar-refractivity contribution in [1.82, 2.24) is 5.32 Å². The maximum Gasteiger partial charge on any atom is 0.0400 e. The third-order valence-electron chi connectivity index (χ3n) is 3.05. The Morgan fingerprint density at radius 2 is 2.23 bits per heavy atom. The summed E-state index contributed by atoms with van der Waals surface area (Å²) in [5.41, 5.74) is 2.96. The van der Waals surface area contributed by atoms with Gasteiger partial charge in [0.25, 0.3) is 0 Å². The van der Waals surface area contributed by atoms with E-state index in [1.54, 1.807) is 0 Å². The van der Waals surface area contributed by atoms with Crippen molar-refractivity contribution in [3.05, 3.63) is 29.8 Å². The van der Waals surface area contributed by atoms with Gasteiger partial charge in [-0.1, -0.05) is 18.2 Å². The van der Waals surface area contributed by atoms with E-state index < -0.39 is 0 Å². The molecule has 1 aromatic rings. The molecule has 3 rings (SSSR count). The number of benzene rings is 1.